The van der Waals surface area contributed by atoms with Crippen LogP contribution in [-0.2, 0) is 90.0 Å². The number of aliphatic hydroxyl groups is 6. The molecule has 31 nitrogen and oxygen atoms in total. The molecule has 0 radical (unpaired) electrons. The standard InChI is InChI=1S/C27H53N3O9.C23H44N2O8.C15H26O6.C4H9NO.CH4O.2CH4.HI/c1-2-27(21-37-18-24(31)15-28-3-9-34-10-4-28,22-38-19-25(32)16-29-5-11-35-12-6-29)23-39-20-26(33)17-30-7-13-36-14-8-30;1-2-23(19-32-15-22-16-33-22,17-30-13-20(26)11-24-3-7-28-8-4-24)18-31-14-21(27)12-25-5-9-29-10-6-25;1-2-15(9-16-3-12-6-19-12,10-17-4-13-7-20-13)11-18-5-14-8-21-14;1-3-6-4-2-5-1;1-2;;;/h24-26,31-33H,2-23H2,1H3;20-22,26-27H,2-19H2,1H3;12-14H,2-11H2,1H3;5H,1-4H2;2H,1H3;2*1H4;1H. The predicted molar refractivity (Wildman–Crippen MR) is 402 cm³/mol. The number of nitrogens with zero attached hydrogens (tertiary/aromatic N) is 5. The second-order valence-corrected chi connectivity index (χ2v) is 28.2. The Kier molecular flexibility index (Phi) is 55.6. The zero-order chi connectivity index (χ0) is 71.9. The molecule has 9 unspecified atom stereocenters. The summed E-state index contributed by atoms with van der Waals surface area (Å²) in [4.78, 5) is 10.9. The third-order valence-electron chi connectivity index (χ3n) is 19.0. The first kappa shape index (κ1) is 97.7. The molecule has 0 spiro atoms. The number of ether oxygens (including phenoxy) is 19. The summed E-state index contributed by atoms with van der Waals surface area (Å²) in [5.41, 5.74) is -0.902. The molecule has 10 fully saturated rings. The smallest absolute Gasteiger partial charge is 0.104 e. The van der Waals surface area contributed by atoms with Gasteiger partial charge < -0.3 is 126 Å². The monoisotopic (exact) mass is 1620 g/mol. The maximum absolute atomic E-state index is 10.5. The van der Waals surface area contributed by atoms with E-state index < -0.39 is 35.9 Å². The van der Waals surface area contributed by atoms with Crippen molar-refractivity contribution in [1.29, 1.82) is 0 Å². The van der Waals surface area contributed by atoms with Gasteiger partial charge in [-0.1, -0.05) is 35.6 Å². The third kappa shape index (κ3) is 45.9. The summed E-state index contributed by atoms with van der Waals surface area (Å²) >= 11 is 0. The second-order valence-electron chi connectivity index (χ2n) is 28.2. The van der Waals surface area contributed by atoms with E-state index in [2.05, 4.69) is 50.6 Å². The Morgan fingerprint density at radius 2 is 0.490 bits per heavy atom. The van der Waals surface area contributed by atoms with Crippen LogP contribution >= 0.6 is 24.0 Å². The molecule has 7 N–H and O–H groups in total. The van der Waals surface area contributed by atoms with Crippen molar-refractivity contribution >= 4 is 24.0 Å². The molecule has 10 heterocycles. The summed E-state index contributed by atoms with van der Waals surface area (Å²) in [7, 11) is 1.00. The van der Waals surface area contributed by atoms with Gasteiger partial charge in [0.25, 0.3) is 0 Å². The molecule has 620 valence electrons. The molecule has 0 aromatic heterocycles. The minimum absolute atomic E-state index is 0. The SMILES string of the molecule is C.C.C1COCCN1.CCC(COCC(O)CN1CCOCC1)(COCC(O)CN1CCOCC1)COCC(O)CN1CCOCC1.CCC(COCC(O)CN1CCOCC1)(COCC(O)CN1CCOCC1)COCC1CO1.CCC(COCC1CO1)(COCC1CO1)COCC1CO1.CO.I. The summed E-state index contributed by atoms with van der Waals surface area (Å²) in [5.74, 6) is 0. The fourth-order valence-corrected chi connectivity index (χ4v) is 11.8. The number of epoxide rings is 4. The molecule has 0 aliphatic carbocycles. The fourth-order valence-electron chi connectivity index (χ4n) is 11.8. The minimum Gasteiger partial charge on any atom is -0.400 e. The quantitative estimate of drug-likeness (QED) is 0.0297. The van der Waals surface area contributed by atoms with Crippen molar-refractivity contribution in [3.63, 3.8) is 0 Å². The lowest BCUT2D eigenvalue weighted by atomic mass is 9.88. The number of β-amino-alcohol motifs (C(OH)–C–C–N with tert-alkyl or cyclic N) is 5. The first-order valence-electron chi connectivity index (χ1n) is 37.7. The van der Waals surface area contributed by atoms with Gasteiger partial charge in [-0.05, 0) is 19.3 Å². The summed E-state index contributed by atoms with van der Waals surface area (Å²) in [6.07, 6.45) is 0.694. The highest BCUT2D eigenvalue weighted by Crippen LogP contribution is 2.29. The molecule has 0 amide bonds. The van der Waals surface area contributed by atoms with Gasteiger partial charge in [0.15, 0.2) is 0 Å². The average Bonchev–Trinajstić information content (AvgIpc) is 1.85. The molecule has 32 heteroatoms. The lowest BCUT2D eigenvalue weighted by molar-refractivity contribution is -0.106. The van der Waals surface area contributed by atoms with Crippen molar-refractivity contribution in [2.75, 3.05) is 343 Å². The van der Waals surface area contributed by atoms with Crippen LogP contribution in [0.5, 0.6) is 0 Å². The number of nitrogens with one attached hydrogen (secondary N) is 1. The lowest BCUT2D eigenvalue weighted by Crippen LogP contribution is -2.44. The summed E-state index contributed by atoms with van der Waals surface area (Å²) in [5, 5.41) is 62.5. The molecule has 0 aromatic rings. The van der Waals surface area contributed by atoms with E-state index in [0.29, 0.717) is 203 Å². The van der Waals surface area contributed by atoms with Gasteiger partial charge in [-0.2, -0.15) is 0 Å². The molecule has 104 heavy (non-hydrogen) atoms. The Hall–Kier alpha value is -0.510. The Morgan fingerprint density at radius 3 is 0.635 bits per heavy atom. The van der Waals surface area contributed by atoms with Gasteiger partial charge in [-0.25, -0.2) is 0 Å². The fraction of sp³-hybridized carbons (Fsp3) is 1.00. The molecule has 10 aliphatic heterocycles. The van der Waals surface area contributed by atoms with E-state index >= 15 is 0 Å². The average molecular weight is 1620 g/mol. The molecule has 10 aliphatic rings. The lowest BCUT2D eigenvalue weighted by Gasteiger charge is -2.34. The molecule has 10 rings (SSSR count). The minimum atomic E-state index is -0.592. The van der Waals surface area contributed by atoms with E-state index in [4.69, 9.17) is 95.1 Å². The van der Waals surface area contributed by atoms with E-state index in [-0.39, 0.29) is 88.8 Å². The number of halogens is 1. The zero-order valence-electron chi connectivity index (χ0n) is 62.5. The van der Waals surface area contributed by atoms with Crippen LogP contribution in [0.2, 0.25) is 0 Å². The Balaban J connectivity index is 0.000000390. The van der Waals surface area contributed by atoms with Gasteiger partial charge in [0.1, 0.15) is 24.4 Å². The number of rotatable bonds is 49. The van der Waals surface area contributed by atoms with Gasteiger partial charge in [-0.15, -0.1) is 24.0 Å². The van der Waals surface area contributed by atoms with E-state index in [9.17, 15) is 25.5 Å². The Bertz CT molecular complexity index is 1790. The van der Waals surface area contributed by atoms with Crippen LogP contribution in [0.4, 0.5) is 0 Å². The highest BCUT2D eigenvalue weighted by atomic mass is 127. The van der Waals surface area contributed by atoms with Gasteiger partial charge in [0.05, 0.1) is 255 Å². The molecular formula is C72H145IN6O25. The first-order chi connectivity index (χ1) is 49.4. The number of morpholine rings is 6. The van der Waals surface area contributed by atoms with Gasteiger partial charge in [-0.3, -0.25) is 24.5 Å². The predicted octanol–water partition coefficient (Wildman–Crippen LogP) is -0.537. The van der Waals surface area contributed by atoms with E-state index in [1.807, 2.05) is 0 Å². The van der Waals surface area contributed by atoms with Crippen LogP contribution in [0.1, 0.15) is 54.9 Å². The largest absolute Gasteiger partial charge is 0.400 e. The second kappa shape index (κ2) is 59.2. The van der Waals surface area contributed by atoms with Crippen LogP contribution in [0.3, 0.4) is 0 Å². The highest BCUT2D eigenvalue weighted by Gasteiger charge is 2.37. The van der Waals surface area contributed by atoms with Gasteiger partial charge >= 0.3 is 0 Å². The molecule has 0 aromatic carbocycles. The third-order valence-corrected chi connectivity index (χ3v) is 19.0. The van der Waals surface area contributed by atoms with Crippen molar-refractivity contribution < 1.29 is 121 Å². The van der Waals surface area contributed by atoms with E-state index in [1.54, 1.807) is 0 Å². The number of hydrogen-bond acceptors (Lipinski definition) is 31. The van der Waals surface area contributed by atoms with Crippen LogP contribution in [0.15, 0.2) is 0 Å². The summed E-state index contributed by atoms with van der Waals surface area (Å²) in [6.45, 7) is 39.5. The van der Waals surface area contributed by atoms with Crippen molar-refractivity contribution in [3.8, 4) is 0 Å². The molecule has 10 saturated heterocycles. The number of hydrogen-bond donors (Lipinski definition) is 7. The molecule has 0 saturated carbocycles. The topological polar surface area (TPSA) is 338 Å². The highest BCUT2D eigenvalue weighted by molar-refractivity contribution is 14.0. The van der Waals surface area contributed by atoms with Gasteiger partial charge in [0.2, 0.25) is 0 Å². The van der Waals surface area contributed by atoms with E-state index in [1.165, 1.54) is 0 Å². The zero-order valence-corrected chi connectivity index (χ0v) is 64.8. The first-order valence-corrected chi connectivity index (χ1v) is 37.7. The van der Waals surface area contributed by atoms with Crippen LogP contribution in [-0.4, -0.2) is 453 Å². The normalized spacial score (nSPS) is 25.4. The van der Waals surface area contributed by atoms with Crippen LogP contribution in [0, 0.1) is 16.2 Å². The number of aliphatic hydroxyl groups excluding tert-OH is 6. The maximum Gasteiger partial charge on any atom is 0.104 e. The van der Waals surface area contributed by atoms with Gasteiger partial charge in [0, 0.05) is 135 Å². The van der Waals surface area contributed by atoms with Crippen molar-refractivity contribution in [2.45, 2.75) is 110 Å². The maximum atomic E-state index is 10.5. The van der Waals surface area contributed by atoms with Crippen molar-refractivity contribution in [2.24, 2.45) is 16.2 Å². The molecule has 9 atom stereocenters. The van der Waals surface area contributed by atoms with Crippen LogP contribution < -0.4 is 5.32 Å². The van der Waals surface area contributed by atoms with E-state index in [0.717, 1.165) is 145 Å². The molecular weight excluding hydrogens is 1480 g/mol. The van der Waals surface area contributed by atoms with Crippen LogP contribution in [0.25, 0.3) is 0 Å². The Morgan fingerprint density at radius 1 is 0.317 bits per heavy atom. The molecule has 0 bridgehead atoms. The summed E-state index contributed by atoms with van der Waals surface area (Å²) in [6, 6.07) is 0. The summed E-state index contributed by atoms with van der Waals surface area (Å²) < 4.78 is 106. The van der Waals surface area contributed by atoms with Crippen molar-refractivity contribution in [3.05, 3.63) is 0 Å². The van der Waals surface area contributed by atoms with Crippen molar-refractivity contribution in [1.82, 2.24) is 29.8 Å². The Labute approximate surface area is 640 Å².